The average molecular weight is 417 g/mol. The van der Waals surface area contributed by atoms with Crippen molar-refractivity contribution in [2.45, 2.75) is 38.0 Å². The Morgan fingerprint density at radius 3 is 2.59 bits per heavy atom. The number of sulfonamides is 1. The zero-order valence-electron chi connectivity index (χ0n) is 17.1. The van der Waals surface area contributed by atoms with Crippen LogP contribution in [0.4, 0.5) is 5.69 Å². The van der Waals surface area contributed by atoms with E-state index in [-0.39, 0.29) is 16.7 Å². The summed E-state index contributed by atoms with van der Waals surface area (Å²) in [6.45, 7) is 4.44. The number of nitrogens with one attached hydrogen (secondary N) is 1. The molecule has 0 spiro atoms. The van der Waals surface area contributed by atoms with Crippen LogP contribution in [0.3, 0.4) is 0 Å². The van der Waals surface area contributed by atoms with E-state index >= 15 is 0 Å². The molecule has 29 heavy (non-hydrogen) atoms. The maximum atomic E-state index is 13.2. The maximum absolute atomic E-state index is 13.2. The number of nitrogens with zero attached hydrogens (tertiary/aromatic N) is 1. The lowest BCUT2D eigenvalue weighted by atomic mass is 9.92. The van der Waals surface area contributed by atoms with E-state index in [1.807, 2.05) is 0 Å². The van der Waals surface area contributed by atoms with Gasteiger partial charge in [-0.2, -0.15) is 4.31 Å². The third-order valence-corrected chi connectivity index (χ3v) is 7.11. The van der Waals surface area contributed by atoms with E-state index < -0.39 is 10.0 Å². The highest BCUT2D eigenvalue weighted by Crippen LogP contribution is 2.31. The van der Waals surface area contributed by atoms with Gasteiger partial charge >= 0.3 is 0 Å². The summed E-state index contributed by atoms with van der Waals surface area (Å²) >= 11 is 0. The highest BCUT2D eigenvalue weighted by Gasteiger charge is 2.31. The Kier molecular flexibility index (Phi) is 6.59. The molecule has 2 aromatic carbocycles. The van der Waals surface area contributed by atoms with Gasteiger partial charge in [0, 0.05) is 20.0 Å². The Bertz CT molecular complexity index is 971. The van der Waals surface area contributed by atoms with Crippen LogP contribution < -0.4 is 10.1 Å². The molecule has 1 amide bonds. The number of amides is 1. The predicted octanol–water partition coefficient (Wildman–Crippen LogP) is 3.61. The smallest absolute Gasteiger partial charge is 0.243 e. The minimum atomic E-state index is -3.65. The van der Waals surface area contributed by atoms with E-state index in [4.69, 9.17) is 4.74 Å². The average Bonchev–Trinajstić information content (AvgIpc) is 2.69. The molecule has 156 valence electrons. The first-order chi connectivity index (χ1) is 13.8. The van der Waals surface area contributed by atoms with Gasteiger partial charge in [0.1, 0.15) is 5.75 Å². The molecule has 1 fully saturated rings. The van der Waals surface area contributed by atoms with E-state index in [9.17, 15) is 13.2 Å². The van der Waals surface area contributed by atoms with Gasteiger partial charge in [0.15, 0.2) is 0 Å². The fourth-order valence-corrected chi connectivity index (χ4v) is 5.33. The molecule has 0 aromatic heterocycles. The van der Waals surface area contributed by atoms with E-state index in [1.54, 1.807) is 10.4 Å². The second kappa shape index (κ2) is 8.97. The lowest BCUT2D eigenvalue weighted by Crippen LogP contribution is -2.40. The Labute approximate surface area is 172 Å². The summed E-state index contributed by atoms with van der Waals surface area (Å²) in [6, 6.07) is 13.0. The molecule has 0 radical (unpaired) electrons. The van der Waals surface area contributed by atoms with Crippen molar-refractivity contribution in [3.63, 3.8) is 0 Å². The Balaban J connectivity index is 1.79. The molecule has 1 unspecified atom stereocenters. The molecule has 0 bridgehead atoms. The zero-order valence-corrected chi connectivity index (χ0v) is 18.0. The zero-order chi connectivity index (χ0) is 21.0. The molecule has 0 aliphatic carbocycles. The van der Waals surface area contributed by atoms with Crippen molar-refractivity contribution >= 4 is 21.6 Å². The van der Waals surface area contributed by atoms with Crippen LogP contribution in [0.1, 0.15) is 30.9 Å². The Morgan fingerprint density at radius 1 is 1.21 bits per heavy atom. The van der Waals surface area contributed by atoms with Crippen LogP contribution in [-0.2, 0) is 21.2 Å². The first-order valence-electron chi connectivity index (χ1n) is 9.81. The molecule has 1 heterocycles. The van der Waals surface area contributed by atoms with Crippen LogP contribution in [0.5, 0.6) is 5.75 Å². The molecule has 1 aliphatic heterocycles. The quantitative estimate of drug-likeness (QED) is 0.781. The van der Waals surface area contributed by atoms with Crippen LogP contribution in [0.2, 0.25) is 0 Å². The molecule has 1 atom stereocenters. The highest BCUT2D eigenvalue weighted by molar-refractivity contribution is 7.89. The van der Waals surface area contributed by atoms with Crippen molar-refractivity contribution in [2.24, 2.45) is 5.92 Å². The lowest BCUT2D eigenvalue weighted by molar-refractivity contribution is -0.114. The summed E-state index contributed by atoms with van der Waals surface area (Å²) in [6.07, 6.45) is 2.72. The summed E-state index contributed by atoms with van der Waals surface area (Å²) < 4.78 is 33.3. The van der Waals surface area contributed by atoms with Crippen LogP contribution in [-0.4, -0.2) is 38.8 Å². The second-order valence-corrected chi connectivity index (χ2v) is 9.54. The molecule has 0 saturated carbocycles. The standard InChI is InChI=1S/C22H28N2O4S/c1-16-6-8-18(9-7-16)13-19-5-4-12-24(15-19)29(26,27)20-10-11-22(28-3)21(14-20)23-17(2)25/h6-11,14,19H,4-5,12-13,15H2,1-3H3,(H,23,25). The number of ether oxygens (including phenoxy) is 1. The van der Waals surface area contributed by atoms with Crippen molar-refractivity contribution in [3.05, 3.63) is 53.6 Å². The summed E-state index contributed by atoms with van der Waals surface area (Å²) in [7, 11) is -2.17. The largest absolute Gasteiger partial charge is 0.495 e. The second-order valence-electron chi connectivity index (χ2n) is 7.60. The summed E-state index contributed by atoms with van der Waals surface area (Å²) in [5.41, 5.74) is 2.81. The van der Waals surface area contributed by atoms with Gasteiger partial charge in [-0.1, -0.05) is 29.8 Å². The van der Waals surface area contributed by atoms with Gasteiger partial charge in [-0.15, -0.1) is 0 Å². The highest BCUT2D eigenvalue weighted by atomic mass is 32.2. The number of methoxy groups -OCH3 is 1. The van der Waals surface area contributed by atoms with Crippen molar-refractivity contribution in [3.8, 4) is 5.75 Å². The predicted molar refractivity (Wildman–Crippen MR) is 114 cm³/mol. The van der Waals surface area contributed by atoms with Crippen molar-refractivity contribution in [1.29, 1.82) is 0 Å². The number of carbonyl (C=O) groups is 1. The van der Waals surface area contributed by atoms with E-state index in [1.165, 1.54) is 37.3 Å². The third kappa shape index (κ3) is 5.16. The van der Waals surface area contributed by atoms with Gasteiger partial charge in [0.2, 0.25) is 15.9 Å². The molecular weight excluding hydrogens is 388 g/mol. The number of hydrogen-bond acceptors (Lipinski definition) is 4. The number of piperidine rings is 1. The summed E-state index contributed by atoms with van der Waals surface area (Å²) in [5, 5.41) is 2.64. The third-order valence-electron chi connectivity index (χ3n) is 5.25. The van der Waals surface area contributed by atoms with Crippen molar-refractivity contribution < 1.29 is 17.9 Å². The topological polar surface area (TPSA) is 75.7 Å². The van der Waals surface area contributed by atoms with Gasteiger partial charge in [-0.05, 0) is 55.9 Å². The molecule has 2 aromatic rings. The minimum absolute atomic E-state index is 0.165. The molecule has 1 N–H and O–H groups in total. The Morgan fingerprint density at radius 2 is 1.93 bits per heavy atom. The van der Waals surface area contributed by atoms with E-state index in [2.05, 4.69) is 36.5 Å². The van der Waals surface area contributed by atoms with Crippen molar-refractivity contribution in [2.75, 3.05) is 25.5 Å². The van der Waals surface area contributed by atoms with Gasteiger partial charge < -0.3 is 10.1 Å². The number of rotatable bonds is 6. The molecular formula is C22H28N2O4S. The van der Waals surface area contributed by atoms with Crippen LogP contribution >= 0.6 is 0 Å². The molecule has 1 aliphatic rings. The van der Waals surface area contributed by atoms with E-state index in [0.29, 0.717) is 24.5 Å². The summed E-state index contributed by atoms with van der Waals surface area (Å²) in [5.74, 6) is 0.429. The van der Waals surface area contributed by atoms with Gasteiger partial charge in [-0.3, -0.25) is 4.79 Å². The first kappa shape index (κ1) is 21.3. The van der Waals surface area contributed by atoms with Gasteiger partial charge in [0.05, 0.1) is 17.7 Å². The van der Waals surface area contributed by atoms with Gasteiger partial charge in [-0.25, -0.2) is 8.42 Å². The van der Waals surface area contributed by atoms with Gasteiger partial charge in [0.25, 0.3) is 0 Å². The van der Waals surface area contributed by atoms with E-state index in [0.717, 1.165) is 19.3 Å². The number of benzene rings is 2. The fraction of sp³-hybridized carbons (Fsp3) is 0.409. The monoisotopic (exact) mass is 416 g/mol. The van der Waals surface area contributed by atoms with Crippen molar-refractivity contribution in [1.82, 2.24) is 4.31 Å². The molecule has 1 saturated heterocycles. The van der Waals surface area contributed by atoms with Crippen LogP contribution in [0.25, 0.3) is 0 Å². The van der Waals surface area contributed by atoms with Crippen LogP contribution in [0.15, 0.2) is 47.4 Å². The first-order valence-corrected chi connectivity index (χ1v) is 11.2. The maximum Gasteiger partial charge on any atom is 0.243 e. The number of anilines is 1. The number of aryl methyl sites for hydroxylation is 1. The molecule has 6 nitrogen and oxygen atoms in total. The summed E-state index contributed by atoms with van der Waals surface area (Å²) in [4.78, 5) is 11.6. The molecule has 3 rings (SSSR count). The minimum Gasteiger partial charge on any atom is -0.495 e. The molecule has 7 heteroatoms. The normalized spacial score (nSPS) is 17.7. The lowest BCUT2D eigenvalue weighted by Gasteiger charge is -2.32. The Hall–Kier alpha value is -2.38. The number of hydrogen-bond donors (Lipinski definition) is 1. The fourth-order valence-electron chi connectivity index (χ4n) is 3.75. The van der Waals surface area contributed by atoms with Crippen LogP contribution in [0, 0.1) is 12.8 Å². The SMILES string of the molecule is COc1ccc(S(=O)(=O)N2CCCC(Cc3ccc(C)cc3)C2)cc1NC(C)=O. The number of carbonyl (C=O) groups excluding carboxylic acids is 1.